The van der Waals surface area contributed by atoms with Crippen LogP contribution in [0.5, 0.6) is 0 Å². The minimum absolute atomic E-state index is 0.0779. The Bertz CT molecular complexity index is 1230. The molecule has 38 heavy (non-hydrogen) atoms. The van der Waals surface area contributed by atoms with Crippen molar-refractivity contribution in [2.45, 2.75) is 69.7 Å². The lowest BCUT2D eigenvalue weighted by molar-refractivity contribution is -0.364. The summed E-state index contributed by atoms with van der Waals surface area (Å²) in [6.07, 6.45) is -4.32. The summed E-state index contributed by atoms with van der Waals surface area (Å²) in [5.41, 5.74) is 2.86. The highest BCUT2D eigenvalue weighted by molar-refractivity contribution is 7.48. The van der Waals surface area contributed by atoms with E-state index in [9.17, 15) is 4.57 Å². The number of phosphoric ester groups is 1. The van der Waals surface area contributed by atoms with E-state index in [-0.39, 0.29) is 6.61 Å². The molecule has 9 heteroatoms. The first-order valence-electron chi connectivity index (χ1n) is 12.9. The molecule has 3 aliphatic rings. The zero-order valence-electron chi connectivity index (χ0n) is 21.0. The van der Waals surface area contributed by atoms with Gasteiger partial charge in [-0.05, 0) is 23.6 Å². The first-order valence-corrected chi connectivity index (χ1v) is 14.3. The standard InChI is InChI=1S/C29H31O8P/c1-20-34-26-24(31-17-21-11-5-2-6-12-21)25(32-18-22-13-7-3-8-14-22)28-27(35-20)29(26)37-38(30,36-28)33-19-23-15-9-4-10-16-23/h2-16,20,24-29H,17-19H2,1H3/t20-,24+,25-,26+,27-,28+,29-,38+/m0/s1. The van der Waals surface area contributed by atoms with E-state index in [0.717, 1.165) is 16.7 Å². The summed E-state index contributed by atoms with van der Waals surface area (Å²) >= 11 is 0. The van der Waals surface area contributed by atoms with Gasteiger partial charge in [0.05, 0.1) is 19.8 Å². The molecule has 3 aromatic rings. The molecule has 6 rings (SSSR count). The van der Waals surface area contributed by atoms with E-state index in [1.54, 1.807) is 0 Å². The van der Waals surface area contributed by atoms with Gasteiger partial charge in [0.25, 0.3) is 0 Å². The van der Waals surface area contributed by atoms with E-state index in [0.29, 0.717) is 13.2 Å². The van der Waals surface area contributed by atoms with Crippen LogP contribution in [0.25, 0.3) is 0 Å². The van der Waals surface area contributed by atoms with Crippen LogP contribution in [0.2, 0.25) is 0 Å². The molecule has 0 amide bonds. The van der Waals surface area contributed by atoms with Gasteiger partial charge in [-0.1, -0.05) is 91.0 Å². The molecule has 1 saturated carbocycles. The van der Waals surface area contributed by atoms with Gasteiger partial charge in [-0.3, -0.25) is 13.6 Å². The van der Waals surface area contributed by atoms with Crippen LogP contribution in [0, 0.1) is 0 Å². The number of ether oxygens (including phenoxy) is 4. The fraction of sp³-hybridized carbons (Fsp3) is 0.379. The second-order valence-electron chi connectivity index (χ2n) is 9.64. The Labute approximate surface area is 222 Å². The molecule has 0 N–H and O–H groups in total. The maximum Gasteiger partial charge on any atom is 0.476 e. The van der Waals surface area contributed by atoms with E-state index in [1.807, 2.05) is 97.9 Å². The van der Waals surface area contributed by atoms with Crippen molar-refractivity contribution < 1.29 is 37.1 Å². The molecule has 8 atom stereocenters. The van der Waals surface area contributed by atoms with Gasteiger partial charge in [0.15, 0.2) is 6.29 Å². The molecule has 3 aromatic carbocycles. The minimum Gasteiger partial charge on any atom is -0.368 e. The highest BCUT2D eigenvalue weighted by atomic mass is 31.2. The van der Waals surface area contributed by atoms with Crippen molar-refractivity contribution in [1.29, 1.82) is 0 Å². The molecule has 8 nitrogen and oxygen atoms in total. The number of rotatable bonds is 9. The Morgan fingerprint density at radius 1 is 0.605 bits per heavy atom. The molecule has 0 unspecified atom stereocenters. The van der Waals surface area contributed by atoms with Crippen LogP contribution in [0.15, 0.2) is 91.0 Å². The van der Waals surface area contributed by atoms with Crippen LogP contribution >= 0.6 is 7.82 Å². The number of hydrogen-bond acceptors (Lipinski definition) is 8. The topological polar surface area (TPSA) is 81.7 Å². The third-order valence-electron chi connectivity index (χ3n) is 6.94. The maximum absolute atomic E-state index is 13.8. The summed E-state index contributed by atoms with van der Waals surface area (Å²) in [7, 11) is -3.96. The highest BCUT2D eigenvalue weighted by Crippen LogP contribution is 2.60. The Morgan fingerprint density at radius 3 is 1.61 bits per heavy atom. The van der Waals surface area contributed by atoms with Gasteiger partial charge in [0.2, 0.25) is 0 Å². The van der Waals surface area contributed by atoms with Gasteiger partial charge in [-0.2, -0.15) is 0 Å². The van der Waals surface area contributed by atoms with E-state index >= 15 is 0 Å². The SMILES string of the molecule is C[C@H]1O[C@@H]2[C@H](OCc3ccccc3)[C@H](OCc3ccccc3)[C@H]3O[P@@](=O)(OCc4ccccc4)O[C@@H]2[C@H]3O1. The van der Waals surface area contributed by atoms with Crippen LogP contribution < -0.4 is 0 Å². The van der Waals surface area contributed by atoms with Crippen molar-refractivity contribution >= 4 is 7.82 Å². The molecule has 1 aliphatic carbocycles. The fourth-order valence-electron chi connectivity index (χ4n) is 5.17. The van der Waals surface area contributed by atoms with Crippen LogP contribution in [-0.2, 0) is 56.9 Å². The van der Waals surface area contributed by atoms with Crippen LogP contribution in [0.1, 0.15) is 23.6 Å². The normalized spacial score (nSPS) is 34.1. The summed E-state index contributed by atoms with van der Waals surface area (Å²) in [6, 6.07) is 29.2. The number of phosphoric acid groups is 1. The summed E-state index contributed by atoms with van der Waals surface area (Å²) in [4.78, 5) is 0. The Balaban J connectivity index is 1.27. The van der Waals surface area contributed by atoms with Gasteiger partial charge in [-0.25, -0.2) is 4.57 Å². The van der Waals surface area contributed by atoms with E-state index < -0.39 is 50.7 Å². The third-order valence-corrected chi connectivity index (χ3v) is 8.39. The largest absolute Gasteiger partial charge is 0.476 e. The molecule has 0 radical (unpaired) electrons. The zero-order valence-corrected chi connectivity index (χ0v) is 21.9. The molecule has 2 aliphatic heterocycles. The Hall–Kier alpha value is -2.39. The number of hydrogen-bond donors (Lipinski definition) is 0. The molecule has 0 aromatic heterocycles. The summed E-state index contributed by atoms with van der Waals surface area (Å²) in [6.45, 7) is 2.55. The summed E-state index contributed by atoms with van der Waals surface area (Å²) < 4.78 is 56.8. The van der Waals surface area contributed by atoms with Crippen molar-refractivity contribution in [3.05, 3.63) is 108 Å². The molecule has 2 heterocycles. The van der Waals surface area contributed by atoms with Gasteiger partial charge < -0.3 is 18.9 Å². The van der Waals surface area contributed by atoms with Gasteiger partial charge in [-0.15, -0.1) is 0 Å². The average molecular weight is 539 g/mol. The fourth-order valence-corrected chi connectivity index (χ4v) is 6.73. The smallest absolute Gasteiger partial charge is 0.368 e. The zero-order chi connectivity index (χ0) is 26.0. The predicted molar refractivity (Wildman–Crippen MR) is 138 cm³/mol. The van der Waals surface area contributed by atoms with Crippen molar-refractivity contribution in [3.8, 4) is 0 Å². The first-order chi connectivity index (χ1) is 18.6. The second kappa shape index (κ2) is 11.4. The first kappa shape index (κ1) is 25.9. The molecule has 4 bridgehead atoms. The lowest BCUT2D eigenvalue weighted by Gasteiger charge is -2.56. The molecule has 2 saturated heterocycles. The van der Waals surface area contributed by atoms with Crippen molar-refractivity contribution in [1.82, 2.24) is 0 Å². The number of benzene rings is 3. The van der Waals surface area contributed by atoms with Gasteiger partial charge in [0, 0.05) is 0 Å². The Morgan fingerprint density at radius 2 is 1.05 bits per heavy atom. The monoisotopic (exact) mass is 538 g/mol. The molecule has 3 fully saturated rings. The summed E-state index contributed by atoms with van der Waals surface area (Å²) in [5, 5.41) is 0. The van der Waals surface area contributed by atoms with Gasteiger partial charge in [0.1, 0.15) is 36.6 Å². The molecular formula is C29H31O8P. The second-order valence-corrected chi connectivity index (χ2v) is 11.2. The molecular weight excluding hydrogens is 507 g/mol. The highest BCUT2D eigenvalue weighted by Gasteiger charge is 2.64. The molecule has 200 valence electrons. The lowest BCUT2D eigenvalue weighted by Crippen LogP contribution is -2.72. The van der Waals surface area contributed by atoms with Crippen LogP contribution in [0.4, 0.5) is 0 Å². The van der Waals surface area contributed by atoms with Crippen LogP contribution in [-0.4, -0.2) is 42.9 Å². The van der Waals surface area contributed by atoms with Crippen molar-refractivity contribution in [2.75, 3.05) is 0 Å². The minimum atomic E-state index is -3.96. The Kier molecular flexibility index (Phi) is 7.75. The lowest BCUT2D eigenvalue weighted by atomic mass is 9.83. The van der Waals surface area contributed by atoms with E-state index in [1.165, 1.54) is 0 Å². The molecule has 0 spiro atoms. The third kappa shape index (κ3) is 5.64. The van der Waals surface area contributed by atoms with Crippen LogP contribution in [0.3, 0.4) is 0 Å². The maximum atomic E-state index is 13.8. The predicted octanol–water partition coefficient (Wildman–Crippen LogP) is 5.41. The van der Waals surface area contributed by atoms with E-state index in [4.69, 9.17) is 32.5 Å². The van der Waals surface area contributed by atoms with Crippen molar-refractivity contribution in [2.24, 2.45) is 0 Å². The quantitative estimate of drug-likeness (QED) is 0.335. The van der Waals surface area contributed by atoms with Crippen molar-refractivity contribution in [3.63, 3.8) is 0 Å². The summed E-state index contributed by atoms with van der Waals surface area (Å²) in [5.74, 6) is 0. The van der Waals surface area contributed by atoms with Gasteiger partial charge >= 0.3 is 7.82 Å². The van der Waals surface area contributed by atoms with E-state index in [2.05, 4.69) is 0 Å². The average Bonchev–Trinajstić information content (AvgIpc) is 2.94.